The lowest BCUT2D eigenvalue weighted by Crippen LogP contribution is -2.53. The van der Waals surface area contributed by atoms with Crippen LogP contribution in [0.4, 0.5) is 8.78 Å². The van der Waals surface area contributed by atoms with Crippen molar-refractivity contribution in [3.05, 3.63) is 101 Å². The summed E-state index contributed by atoms with van der Waals surface area (Å²) < 4.78 is 54.5. The van der Waals surface area contributed by atoms with Crippen molar-refractivity contribution < 1.29 is 26.8 Å². The van der Waals surface area contributed by atoms with Crippen LogP contribution in [0.15, 0.2) is 77.7 Å². The molecule has 3 aromatic rings. The molecule has 1 aliphatic heterocycles. The molecule has 36 heavy (non-hydrogen) atoms. The molecule has 1 saturated heterocycles. The van der Waals surface area contributed by atoms with Crippen molar-refractivity contribution in [2.24, 2.45) is 5.73 Å². The molecule has 1 atom stereocenters. The first kappa shape index (κ1) is 25.4. The van der Waals surface area contributed by atoms with Gasteiger partial charge in [0.25, 0.3) is 11.8 Å². The molecule has 0 spiro atoms. The van der Waals surface area contributed by atoms with Crippen molar-refractivity contribution >= 4 is 21.8 Å². The summed E-state index contributed by atoms with van der Waals surface area (Å²) in [5, 5.41) is 2.70. The van der Waals surface area contributed by atoms with Crippen molar-refractivity contribution in [1.29, 1.82) is 0 Å². The fourth-order valence-electron chi connectivity index (χ4n) is 3.99. The number of carbonyl (C=O) groups excluding carboxylic acids is 2. The maximum Gasteiger partial charge on any atom is 0.259 e. The molecule has 0 saturated carbocycles. The van der Waals surface area contributed by atoms with Crippen LogP contribution in [0.1, 0.15) is 21.5 Å². The van der Waals surface area contributed by atoms with Crippen LogP contribution in [0.2, 0.25) is 0 Å². The lowest BCUT2D eigenvalue weighted by molar-refractivity contribution is -0.127. The van der Waals surface area contributed by atoms with Gasteiger partial charge in [0.2, 0.25) is 10.0 Å². The predicted molar refractivity (Wildman–Crippen MR) is 128 cm³/mol. The van der Waals surface area contributed by atoms with E-state index in [1.807, 2.05) is 12.1 Å². The minimum atomic E-state index is -4.26. The number of amides is 2. The molecule has 2 amide bonds. The van der Waals surface area contributed by atoms with Crippen LogP contribution in [0.5, 0.6) is 0 Å². The third kappa shape index (κ3) is 5.27. The van der Waals surface area contributed by atoms with E-state index in [4.69, 9.17) is 5.73 Å². The minimum absolute atomic E-state index is 0.0720. The van der Waals surface area contributed by atoms with Gasteiger partial charge in [-0.15, -0.1) is 0 Å². The molecule has 0 aliphatic carbocycles. The van der Waals surface area contributed by atoms with Gasteiger partial charge in [-0.05, 0) is 59.7 Å². The van der Waals surface area contributed by atoms with Gasteiger partial charge in [-0.2, -0.15) is 4.31 Å². The summed E-state index contributed by atoms with van der Waals surface area (Å²) in [6, 6.07) is 16.2. The number of rotatable bonds is 7. The van der Waals surface area contributed by atoms with Gasteiger partial charge in [-0.1, -0.05) is 24.3 Å². The Hall–Kier alpha value is -3.67. The van der Waals surface area contributed by atoms with Crippen molar-refractivity contribution in [3.63, 3.8) is 0 Å². The van der Waals surface area contributed by atoms with Gasteiger partial charge in [0.1, 0.15) is 11.6 Å². The average molecular weight is 515 g/mol. The fourth-order valence-corrected chi connectivity index (χ4v) is 5.54. The fraction of sp³-hybridized carbons (Fsp3) is 0.200. The van der Waals surface area contributed by atoms with Crippen molar-refractivity contribution in [2.45, 2.75) is 24.2 Å². The molecule has 1 unspecified atom stereocenters. The van der Waals surface area contributed by atoms with Crippen molar-refractivity contribution in [2.75, 3.05) is 13.1 Å². The van der Waals surface area contributed by atoms with E-state index in [1.54, 1.807) is 12.1 Å². The molecule has 0 aromatic heterocycles. The lowest BCUT2D eigenvalue weighted by Gasteiger charge is -2.29. The number of nitrogens with zero attached hydrogens (tertiary/aromatic N) is 2. The molecule has 188 valence electrons. The Bertz CT molecular complexity index is 1370. The van der Waals surface area contributed by atoms with Crippen molar-refractivity contribution in [1.82, 2.24) is 14.5 Å². The van der Waals surface area contributed by atoms with Gasteiger partial charge in [0, 0.05) is 31.7 Å². The highest BCUT2D eigenvalue weighted by molar-refractivity contribution is 7.89. The molecular formula is C25H24F2N4O4S. The van der Waals surface area contributed by atoms with E-state index >= 15 is 0 Å². The van der Waals surface area contributed by atoms with Gasteiger partial charge in [0.05, 0.1) is 4.90 Å². The molecular weight excluding hydrogens is 490 g/mol. The number of nitrogens with one attached hydrogen (secondary N) is 1. The first-order chi connectivity index (χ1) is 17.2. The topological polar surface area (TPSA) is 113 Å². The molecule has 3 N–H and O–H groups in total. The molecule has 1 fully saturated rings. The second-order valence-corrected chi connectivity index (χ2v) is 10.1. The molecule has 1 heterocycles. The van der Waals surface area contributed by atoms with Crippen LogP contribution >= 0.6 is 0 Å². The highest BCUT2D eigenvalue weighted by atomic mass is 32.2. The third-order valence-electron chi connectivity index (χ3n) is 5.83. The largest absolute Gasteiger partial charge is 0.349 e. The number of hydrogen-bond acceptors (Lipinski definition) is 5. The molecule has 11 heteroatoms. The van der Waals surface area contributed by atoms with E-state index in [9.17, 15) is 26.8 Å². The zero-order valence-corrected chi connectivity index (χ0v) is 19.9. The van der Waals surface area contributed by atoms with Crippen LogP contribution < -0.4 is 11.1 Å². The van der Waals surface area contributed by atoms with E-state index in [0.717, 1.165) is 56.7 Å². The van der Waals surface area contributed by atoms with Crippen LogP contribution in [0, 0.1) is 11.6 Å². The Labute approximate surface area is 207 Å². The predicted octanol–water partition coefficient (Wildman–Crippen LogP) is 2.21. The Morgan fingerprint density at radius 2 is 1.53 bits per heavy atom. The minimum Gasteiger partial charge on any atom is -0.349 e. The Balaban J connectivity index is 1.65. The SMILES string of the molecule is NCc1cccc(CNC(=O)C2N(C(=O)c3ccc(F)cc3)CCN2S(=O)(=O)c2ccc(F)cc2)c1. The lowest BCUT2D eigenvalue weighted by atomic mass is 10.1. The Morgan fingerprint density at radius 3 is 2.17 bits per heavy atom. The van der Waals surface area contributed by atoms with E-state index in [1.165, 1.54) is 12.1 Å². The summed E-state index contributed by atoms with van der Waals surface area (Å²) >= 11 is 0. The van der Waals surface area contributed by atoms with Crippen molar-refractivity contribution in [3.8, 4) is 0 Å². The standard InChI is InChI=1S/C25H24F2N4O4S/c26-20-6-4-19(5-7-20)25(33)30-12-13-31(36(34,35)22-10-8-21(27)9-11-22)24(30)23(32)29-16-18-3-1-2-17(14-18)15-28/h1-11,14,24H,12-13,15-16,28H2,(H,29,32). The zero-order valence-electron chi connectivity index (χ0n) is 19.1. The van der Waals surface area contributed by atoms with E-state index in [0.29, 0.717) is 6.54 Å². The van der Waals surface area contributed by atoms with Gasteiger partial charge in [0.15, 0.2) is 6.17 Å². The third-order valence-corrected chi connectivity index (χ3v) is 7.70. The summed E-state index contributed by atoms with van der Waals surface area (Å²) in [7, 11) is -4.26. The number of hydrogen-bond donors (Lipinski definition) is 2. The highest BCUT2D eigenvalue weighted by Crippen LogP contribution is 2.26. The molecule has 1 aliphatic rings. The van der Waals surface area contributed by atoms with Gasteiger partial charge in [-0.25, -0.2) is 17.2 Å². The number of benzene rings is 3. The smallest absolute Gasteiger partial charge is 0.259 e. The maximum absolute atomic E-state index is 13.4. The summed E-state index contributed by atoms with van der Waals surface area (Å²) in [5.41, 5.74) is 7.37. The maximum atomic E-state index is 13.4. The van der Waals surface area contributed by atoms with E-state index in [2.05, 4.69) is 5.32 Å². The van der Waals surface area contributed by atoms with Gasteiger partial charge in [-0.3, -0.25) is 9.59 Å². The second-order valence-electron chi connectivity index (χ2n) is 8.19. The molecule has 3 aromatic carbocycles. The van der Waals surface area contributed by atoms with Gasteiger partial charge >= 0.3 is 0 Å². The summed E-state index contributed by atoms with van der Waals surface area (Å²) in [6.45, 7) is 0.158. The van der Waals surface area contributed by atoms with Crippen LogP contribution in [0.3, 0.4) is 0 Å². The number of sulfonamides is 1. The average Bonchev–Trinajstić information content (AvgIpc) is 3.34. The van der Waals surface area contributed by atoms with Crippen LogP contribution in [0.25, 0.3) is 0 Å². The molecule has 0 bridgehead atoms. The number of nitrogens with two attached hydrogens (primary N) is 1. The highest BCUT2D eigenvalue weighted by Gasteiger charge is 2.46. The van der Waals surface area contributed by atoms with E-state index < -0.39 is 39.6 Å². The monoisotopic (exact) mass is 514 g/mol. The van der Waals surface area contributed by atoms with Crippen LogP contribution in [-0.4, -0.2) is 48.7 Å². The Kier molecular flexibility index (Phi) is 7.43. The zero-order chi connectivity index (χ0) is 25.9. The Morgan fingerprint density at radius 1 is 0.917 bits per heavy atom. The molecule has 8 nitrogen and oxygen atoms in total. The van der Waals surface area contributed by atoms with E-state index in [-0.39, 0.29) is 30.1 Å². The first-order valence-electron chi connectivity index (χ1n) is 11.1. The number of halogens is 2. The summed E-state index contributed by atoms with van der Waals surface area (Å²) in [5.74, 6) is -2.50. The summed E-state index contributed by atoms with van der Waals surface area (Å²) in [6.07, 6.45) is -1.50. The first-order valence-corrected chi connectivity index (χ1v) is 12.5. The normalized spacial score (nSPS) is 16.2. The quantitative estimate of drug-likeness (QED) is 0.502. The second kappa shape index (κ2) is 10.5. The summed E-state index contributed by atoms with van der Waals surface area (Å²) in [4.78, 5) is 27.5. The molecule has 0 radical (unpaired) electrons. The van der Waals surface area contributed by atoms with Gasteiger partial charge < -0.3 is 16.0 Å². The van der Waals surface area contributed by atoms with Crippen LogP contribution in [-0.2, 0) is 27.9 Å². The molecule has 4 rings (SSSR count). The number of carbonyl (C=O) groups is 2.